The molecule has 2 aromatic heterocycles. The molecule has 0 fully saturated rings. The van der Waals surface area contributed by atoms with E-state index in [2.05, 4.69) is 15.1 Å². The zero-order valence-corrected chi connectivity index (χ0v) is 7.85. The number of aromatic hydroxyl groups is 1. The molecular formula is C8H8FN5O. The summed E-state index contributed by atoms with van der Waals surface area (Å²) in [6.07, 6.45) is 2.33. The van der Waals surface area contributed by atoms with Crippen LogP contribution in [0.5, 0.6) is 5.88 Å². The summed E-state index contributed by atoms with van der Waals surface area (Å²) in [6, 6.07) is 0. The molecule has 3 N–H and O–H groups in total. The highest BCUT2D eigenvalue weighted by Gasteiger charge is 2.13. The second kappa shape index (κ2) is 3.19. The predicted molar refractivity (Wildman–Crippen MR) is 50.3 cm³/mol. The van der Waals surface area contributed by atoms with Crippen LogP contribution in [0.25, 0.3) is 11.4 Å². The fraction of sp³-hybridized carbons (Fsp3) is 0.125. The number of nitrogens with zero attached hydrogens (tertiary/aromatic N) is 4. The first kappa shape index (κ1) is 9.38. The Balaban J connectivity index is 2.55. The molecule has 0 radical (unpaired) electrons. The number of nitrogen functional groups attached to an aromatic ring is 1. The largest absolute Gasteiger partial charge is 0.493 e. The van der Waals surface area contributed by atoms with Crippen molar-refractivity contribution in [2.24, 2.45) is 7.05 Å². The maximum Gasteiger partial charge on any atom is 0.220 e. The van der Waals surface area contributed by atoms with Crippen molar-refractivity contribution in [3.8, 4) is 17.3 Å². The van der Waals surface area contributed by atoms with Gasteiger partial charge in [-0.2, -0.15) is 5.10 Å². The molecule has 0 atom stereocenters. The van der Waals surface area contributed by atoms with Crippen LogP contribution in [0.4, 0.5) is 10.2 Å². The number of aryl methyl sites for hydroxylation is 1. The van der Waals surface area contributed by atoms with E-state index in [-0.39, 0.29) is 17.5 Å². The Morgan fingerprint density at radius 3 is 2.73 bits per heavy atom. The molecule has 0 aliphatic heterocycles. The topological polar surface area (TPSA) is 89.9 Å². The summed E-state index contributed by atoms with van der Waals surface area (Å²) in [5, 5.41) is 13.3. The predicted octanol–water partition coefficient (Wildman–Crippen LogP) is 0.304. The van der Waals surface area contributed by atoms with E-state index in [1.54, 1.807) is 7.05 Å². The molecule has 6 nitrogen and oxygen atoms in total. The minimum Gasteiger partial charge on any atom is -0.493 e. The normalized spacial score (nSPS) is 10.5. The lowest BCUT2D eigenvalue weighted by Crippen LogP contribution is -1.98. The van der Waals surface area contributed by atoms with Gasteiger partial charge >= 0.3 is 0 Å². The third kappa shape index (κ3) is 1.47. The molecule has 0 bridgehead atoms. The van der Waals surface area contributed by atoms with E-state index in [0.717, 1.165) is 6.20 Å². The summed E-state index contributed by atoms with van der Waals surface area (Å²) in [7, 11) is 1.56. The van der Waals surface area contributed by atoms with Crippen LogP contribution in [-0.4, -0.2) is 24.9 Å². The van der Waals surface area contributed by atoms with Gasteiger partial charge in [-0.3, -0.25) is 0 Å². The van der Waals surface area contributed by atoms with Crippen LogP contribution >= 0.6 is 0 Å². The molecule has 78 valence electrons. The van der Waals surface area contributed by atoms with Crippen LogP contribution < -0.4 is 5.73 Å². The van der Waals surface area contributed by atoms with Crippen molar-refractivity contribution in [3.63, 3.8) is 0 Å². The summed E-state index contributed by atoms with van der Waals surface area (Å²) in [6.45, 7) is 0. The van der Waals surface area contributed by atoms with Crippen molar-refractivity contribution in [3.05, 3.63) is 18.2 Å². The van der Waals surface area contributed by atoms with Crippen molar-refractivity contribution in [2.75, 3.05) is 5.73 Å². The van der Waals surface area contributed by atoms with Crippen molar-refractivity contribution >= 4 is 5.82 Å². The molecule has 0 amide bonds. The average Bonchev–Trinajstić information content (AvgIpc) is 2.53. The Labute approximate surface area is 84.2 Å². The lowest BCUT2D eigenvalue weighted by atomic mass is 10.3. The summed E-state index contributed by atoms with van der Waals surface area (Å²) in [5.41, 5.74) is 5.59. The third-order valence-electron chi connectivity index (χ3n) is 1.92. The van der Waals surface area contributed by atoms with Crippen LogP contribution in [-0.2, 0) is 7.05 Å². The van der Waals surface area contributed by atoms with Crippen LogP contribution in [0.1, 0.15) is 0 Å². The maximum atomic E-state index is 12.8. The minimum atomic E-state index is -0.692. The van der Waals surface area contributed by atoms with Crippen LogP contribution in [0.3, 0.4) is 0 Å². The van der Waals surface area contributed by atoms with E-state index in [1.807, 2.05) is 0 Å². The van der Waals surface area contributed by atoms with E-state index in [1.165, 1.54) is 10.9 Å². The molecule has 0 saturated carbocycles. The molecule has 0 spiro atoms. The molecule has 0 aliphatic rings. The van der Waals surface area contributed by atoms with Crippen LogP contribution in [0, 0.1) is 5.82 Å². The van der Waals surface area contributed by atoms with Gasteiger partial charge in [0.15, 0.2) is 17.5 Å². The Hall–Kier alpha value is -2.18. The quantitative estimate of drug-likeness (QED) is 0.705. The Morgan fingerprint density at radius 2 is 2.20 bits per heavy atom. The maximum absolute atomic E-state index is 12.8. The van der Waals surface area contributed by atoms with E-state index in [0.29, 0.717) is 5.56 Å². The molecule has 2 rings (SSSR count). The molecule has 0 aromatic carbocycles. The summed E-state index contributed by atoms with van der Waals surface area (Å²) in [4.78, 5) is 7.40. The number of hydrogen-bond acceptors (Lipinski definition) is 5. The molecule has 0 saturated heterocycles. The zero-order valence-electron chi connectivity index (χ0n) is 7.85. The van der Waals surface area contributed by atoms with Crippen molar-refractivity contribution < 1.29 is 9.50 Å². The first-order valence-electron chi connectivity index (χ1n) is 4.09. The number of hydrogen-bond donors (Lipinski definition) is 2. The molecule has 7 heteroatoms. The molecule has 0 unspecified atom stereocenters. The molecule has 2 aromatic rings. The lowest BCUT2D eigenvalue weighted by molar-refractivity contribution is 0.420. The summed E-state index contributed by atoms with van der Waals surface area (Å²) < 4.78 is 14.0. The zero-order chi connectivity index (χ0) is 11.0. The van der Waals surface area contributed by atoms with Gasteiger partial charge in [0.05, 0.1) is 12.4 Å². The molecule has 2 heterocycles. The van der Waals surface area contributed by atoms with Gasteiger partial charge in [0.1, 0.15) is 5.56 Å². The van der Waals surface area contributed by atoms with Crippen molar-refractivity contribution in [1.29, 1.82) is 0 Å². The highest BCUT2D eigenvalue weighted by Crippen LogP contribution is 2.25. The van der Waals surface area contributed by atoms with Gasteiger partial charge in [0, 0.05) is 7.05 Å². The second-order valence-electron chi connectivity index (χ2n) is 2.93. The van der Waals surface area contributed by atoms with Gasteiger partial charge < -0.3 is 10.8 Å². The SMILES string of the molecule is Cn1ncc(-c2ncc(F)c(N)n2)c1O. The fourth-order valence-corrected chi connectivity index (χ4v) is 1.10. The number of nitrogens with two attached hydrogens (primary N) is 1. The smallest absolute Gasteiger partial charge is 0.220 e. The standard InChI is InChI=1S/C8H8FN5O/c1-14-8(15)4(2-12-14)7-11-3-5(9)6(10)13-7/h2-3,15H,1H3,(H2,10,11,13). The fourth-order valence-electron chi connectivity index (χ4n) is 1.10. The number of anilines is 1. The lowest BCUT2D eigenvalue weighted by Gasteiger charge is -1.99. The molecular weight excluding hydrogens is 201 g/mol. The minimum absolute atomic E-state index is 0.0963. The highest BCUT2D eigenvalue weighted by atomic mass is 19.1. The van der Waals surface area contributed by atoms with Crippen LogP contribution in [0.15, 0.2) is 12.4 Å². The Kier molecular flexibility index (Phi) is 2.00. The van der Waals surface area contributed by atoms with Gasteiger partial charge in [0.2, 0.25) is 5.88 Å². The van der Waals surface area contributed by atoms with Gasteiger partial charge in [-0.25, -0.2) is 19.0 Å². The van der Waals surface area contributed by atoms with Gasteiger partial charge in [-0.15, -0.1) is 0 Å². The third-order valence-corrected chi connectivity index (χ3v) is 1.92. The molecule has 15 heavy (non-hydrogen) atoms. The van der Waals surface area contributed by atoms with E-state index in [4.69, 9.17) is 5.73 Å². The number of rotatable bonds is 1. The summed E-state index contributed by atoms with van der Waals surface area (Å²) in [5.74, 6) is -0.911. The van der Waals surface area contributed by atoms with Gasteiger partial charge in [-0.05, 0) is 0 Å². The van der Waals surface area contributed by atoms with E-state index < -0.39 is 5.82 Å². The van der Waals surface area contributed by atoms with Crippen molar-refractivity contribution in [1.82, 2.24) is 19.7 Å². The Bertz CT molecular complexity index is 510. The molecule has 0 aliphatic carbocycles. The van der Waals surface area contributed by atoms with Gasteiger partial charge in [-0.1, -0.05) is 0 Å². The van der Waals surface area contributed by atoms with Crippen molar-refractivity contribution in [2.45, 2.75) is 0 Å². The van der Waals surface area contributed by atoms with E-state index in [9.17, 15) is 9.50 Å². The number of halogens is 1. The van der Waals surface area contributed by atoms with Gasteiger partial charge in [0.25, 0.3) is 0 Å². The first-order chi connectivity index (χ1) is 7.09. The number of aromatic nitrogens is 4. The summed E-state index contributed by atoms with van der Waals surface area (Å²) >= 11 is 0. The second-order valence-corrected chi connectivity index (χ2v) is 2.93. The average molecular weight is 209 g/mol. The highest BCUT2D eigenvalue weighted by molar-refractivity contribution is 5.61. The first-order valence-corrected chi connectivity index (χ1v) is 4.09. The van der Waals surface area contributed by atoms with E-state index >= 15 is 0 Å². The monoisotopic (exact) mass is 209 g/mol. The van der Waals surface area contributed by atoms with Crippen LogP contribution in [0.2, 0.25) is 0 Å². The Morgan fingerprint density at radius 1 is 1.47 bits per heavy atom.